The summed E-state index contributed by atoms with van der Waals surface area (Å²) in [5, 5.41) is 4.23. The average Bonchev–Trinajstić information content (AvgIpc) is 2.76. The zero-order valence-corrected chi connectivity index (χ0v) is 11.3. The van der Waals surface area contributed by atoms with Gasteiger partial charge in [-0.05, 0) is 30.2 Å². The van der Waals surface area contributed by atoms with Crippen molar-refractivity contribution in [2.45, 2.75) is 38.3 Å². The topological polar surface area (TPSA) is 21.3 Å². The molecule has 2 unspecified atom stereocenters. The van der Waals surface area contributed by atoms with Crippen molar-refractivity contribution < 1.29 is 4.74 Å². The van der Waals surface area contributed by atoms with Crippen LogP contribution in [-0.4, -0.2) is 18.7 Å². The Morgan fingerprint density at radius 2 is 2.44 bits per heavy atom. The van der Waals surface area contributed by atoms with E-state index in [1.165, 1.54) is 5.56 Å². The SMILES string of the molecule is C#CCC(CC)NCC1Cc2cc(Cl)ccc2O1. The number of hydrogen-bond acceptors (Lipinski definition) is 2. The number of hydrogen-bond donors (Lipinski definition) is 1. The largest absolute Gasteiger partial charge is 0.488 e. The standard InChI is InChI=1S/C15H18ClNO/c1-3-5-13(4-2)17-10-14-9-11-8-12(16)6-7-15(11)18-14/h1,6-8,13-14,17H,4-5,9-10H2,2H3. The van der Waals surface area contributed by atoms with Gasteiger partial charge in [0.2, 0.25) is 0 Å². The third-order valence-corrected chi connectivity index (χ3v) is 3.49. The number of halogens is 1. The zero-order chi connectivity index (χ0) is 13.0. The summed E-state index contributed by atoms with van der Waals surface area (Å²) in [5.41, 5.74) is 1.19. The van der Waals surface area contributed by atoms with Gasteiger partial charge in [0.15, 0.2) is 0 Å². The summed E-state index contributed by atoms with van der Waals surface area (Å²) < 4.78 is 5.86. The van der Waals surface area contributed by atoms with Crippen LogP contribution in [0.15, 0.2) is 18.2 Å². The second-order valence-corrected chi connectivity index (χ2v) is 5.05. The van der Waals surface area contributed by atoms with Crippen molar-refractivity contribution in [2.75, 3.05) is 6.54 Å². The third kappa shape index (κ3) is 3.19. The van der Waals surface area contributed by atoms with Crippen molar-refractivity contribution in [3.63, 3.8) is 0 Å². The minimum Gasteiger partial charge on any atom is -0.488 e. The van der Waals surface area contributed by atoms with Crippen LogP contribution < -0.4 is 10.1 Å². The van der Waals surface area contributed by atoms with Crippen LogP contribution in [-0.2, 0) is 6.42 Å². The summed E-state index contributed by atoms with van der Waals surface area (Å²) in [5.74, 6) is 3.65. The van der Waals surface area contributed by atoms with Crippen LogP contribution in [0.4, 0.5) is 0 Å². The summed E-state index contributed by atoms with van der Waals surface area (Å²) >= 11 is 5.97. The van der Waals surface area contributed by atoms with E-state index in [-0.39, 0.29) is 6.10 Å². The van der Waals surface area contributed by atoms with Gasteiger partial charge in [-0.2, -0.15) is 0 Å². The van der Waals surface area contributed by atoms with Crippen LogP contribution in [0, 0.1) is 12.3 Å². The van der Waals surface area contributed by atoms with E-state index in [1.54, 1.807) is 0 Å². The van der Waals surface area contributed by atoms with Gasteiger partial charge < -0.3 is 10.1 Å². The molecule has 0 radical (unpaired) electrons. The summed E-state index contributed by atoms with van der Waals surface area (Å²) in [4.78, 5) is 0. The Labute approximate surface area is 114 Å². The second-order valence-electron chi connectivity index (χ2n) is 4.62. The van der Waals surface area contributed by atoms with E-state index in [4.69, 9.17) is 22.8 Å². The Bertz CT molecular complexity index is 452. The molecule has 3 heteroatoms. The maximum atomic E-state index is 5.97. The molecule has 1 heterocycles. The second kappa shape index (κ2) is 6.13. The molecule has 0 bridgehead atoms. The van der Waals surface area contributed by atoms with E-state index in [2.05, 4.69) is 18.2 Å². The van der Waals surface area contributed by atoms with E-state index in [0.29, 0.717) is 6.04 Å². The first-order valence-electron chi connectivity index (χ1n) is 6.34. The number of benzene rings is 1. The first-order chi connectivity index (χ1) is 8.72. The van der Waals surface area contributed by atoms with Gasteiger partial charge in [-0.15, -0.1) is 12.3 Å². The molecule has 2 nitrogen and oxygen atoms in total. The van der Waals surface area contributed by atoms with Crippen LogP contribution >= 0.6 is 11.6 Å². The molecule has 1 aliphatic heterocycles. The summed E-state index contributed by atoms with van der Waals surface area (Å²) in [7, 11) is 0. The molecule has 96 valence electrons. The molecule has 0 amide bonds. The highest BCUT2D eigenvalue weighted by Gasteiger charge is 2.23. The van der Waals surface area contributed by atoms with Gasteiger partial charge in [-0.3, -0.25) is 0 Å². The number of ether oxygens (including phenoxy) is 1. The highest BCUT2D eigenvalue weighted by Crippen LogP contribution is 2.30. The van der Waals surface area contributed by atoms with Crippen molar-refractivity contribution in [1.29, 1.82) is 0 Å². The molecule has 0 saturated heterocycles. The fraction of sp³-hybridized carbons (Fsp3) is 0.467. The van der Waals surface area contributed by atoms with Crippen molar-refractivity contribution in [3.8, 4) is 18.1 Å². The van der Waals surface area contributed by atoms with Crippen LogP contribution in [0.25, 0.3) is 0 Å². The van der Waals surface area contributed by atoms with E-state index in [0.717, 1.165) is 36.6 Å². The van der Waals surface area contributed by atoms with E-state index >= 15 is 0 Å². The van der Waals surface area contributed by atoms with Crippen LogP contribution in [0.1, 0.15) is 25.3 Å². The molecule has 18 heavy (non-hydrogen) atoms. The number of terminal acetylenes is 1. The quantitative estimate of drug-likeness (QED) is 0.825. The monoisotopic (exact) mass is 263 g/mol. The first-order valence-corrected chi connectivity index (χ1v) is 6.72. The van der Waals surface area contributed by atoms with Crippen LogP contribution in [0.2, 0.25) is 5.02 Å². The molecular weight excluding hydrogens is 246 g/mol. The van der Waals surface area contributed by atoms with Gasteiger partial charge in [0.25, 0.3) is 0 Å². The van der Waals surface area contributed by atoms with Gasteiger partial charge in [-0.1, -0.05) is 18.5 Å². The maximum absolute atomic E-state index is 5.97. The number of rotatable bonds is 5. The molecule has 0 aliphatic carbocycles. The fourth-order valence-corrected chi connectivity index (χ4v) is 2.40. The lowest BCUT2D eigenvalue weighted by Crippen LogP contribution is -2.36. The molecule has 1 aromatic rings. The molecule has 0 aromatic heterocycles. The lowest BCUT2D eigenvalue weighted by molar-refractivity contribution is 0.220. The first kappa shape index (κ1) is 13.3. The normalized spacial score (nSPS) is 18.8. The van der Waals surface area contributed by atoms with Crippen molar-refractivity contribution in [2.24, 2.45) is 0 Å². The molecule has 1 N–H and O–H groups in total. The predicted molar refractivity (Wildman–Crippen MR) is 75.1 cm³/mol. The Balaban J connectivity index is 1.86. The molecular formula is C15H18ClNO. The van der Waals surface area contributed by atoms with E-state index < -0.39 is 0 Å². The molecule has 1 aliphatic rings. The number of nitrogens with one attached hydrogen (secondary N) is 1. The highest BCUT2D eigenvalue weighted by molar-refractivity contribution is 6.30. The van der Waals surface area contributed by atoms with E-state index in [9.17, 15) is 0 Å². The molecule has 2 rings (SSSR count). The summed E-state index contributed by atoms with van der Waals surface area (Å²) in [6, 6.07) is 6.17. The Morgan fingerprint density at radius 3 is 3.17 bits per heavy atom. The smallest absolute Gasteiger partial charge is 0.123 e. The zero-order valence-electron chi connectivity index (χ0n) is 10.6. The number of fused-ring (bicyclic) bond motifs is 1. The minimum absolute atomic E-state index is 0.185. The lowest BCUT2D eigenvalue weighted by atomic mass is 10.1. The molecule has 0 fully saturated rings. The average molecular weight is 264 g/mol. The molecule has 1 aromatic carbocycles. The van der Waals surface area contributed by atoms with Gasteiger partial charge >= 0.3 is 0 Å². The molecule has 0 spiro atoms. The maximum Gasteiger partial charge on any atom is 0.123 e. The molecule has 2 atom stereocenters. The Morgan fingerprint density at radius 1 is 1.61 bits per heavy atom. The van der Waals surface area contributed by atoms with Crippen molar-refractivity contribution >= 4 is 11.6 Å². The van der Waals surface area contributed by atoms with Gasteiger partial charge in [-0.25, -0.2) is 0 Å². The Hall–Kier alpha value is -1.17. The molecule has 0 saturated carbocycles. The summed E-state index contributed by atoms with van der Waals surface area (Å²) in [6.45, 7) is 2.96. The minimum atomic E-state index is 0.185. The van der Waals surface area contributed by atoms with Crippen LogP contribution in [0.3, 0.4) is 0 Å². The van der Waals surface area contributed by atoms with Crippen molar-refractivity contribution in [1.82, 2.24) is 5.32 Å². The van der Waals surface area contributed by atoms with Gasteiger partial charge in [0.1, 0.15) is 11.9 Å². The van der Waals surface area contributed by atoms with E-state index in [1.807, 2.05) is 18.2 Å². The predicted octanol–water partition coefficient (Wildman–Crippen LogP) is 3.04. The van der Waals surface area contributed by atoms with Gasteiger partial charge in [0, 0.05) is 30.5 Å². The third-order valence-electron chi connectivity index (χ3n) is 3.26. The van der Waals surface area contributed by atoms with Gasteiger partial charge in [0.05, 0.1) is 0 Å². The summed E-state index contributed by atoms with van der Waals surface area (Å²) in [6.07, 6.45) is 8.24. The fourth-order valence-electron chi connectivity index (χ4n) is 2.20. The lowest BCUT2D eigenvalue weighted by Gasteiger charge is -2.17. The van der Waals surface area contributed by atoms with Crippen LogP contribution in [0.5, 0.6) is 5.75 Å². The highest BCUT2D eigenvalue weighted by atomic mass is 35.5. The van der Waals surface area contributed by atoms with Crippen molar-refractivity contribution in [3.05, 3.63) is 28.8 Å². The Kier molecular flexibility index (Phi) is 4.52.